The van der Waals surface area contributed by atoms with Crippen LogP contribution in [0.15, 0.2) is 118 Å². The van der Waals surface area contributed by atoms with Crippen LogP contribution in [0.4, 0.5) is 28.9 Å². The first-order valence-corrected chi connectivity index (χ1v) is 30.8. The van der Waals surface area contributed by atoms with E-state index in [1.54, 1.807) is 103 Å². The van der Waals surface area contributed by atoms with Crippen LogP contribution >= 0.6 is 23.1 Å². The van der Waals surface area contributed by atoms with Crippen molar-refractivity contribution >= 4 is 73.6 Å². The van der Waals surface area contributed by atoms with E-state index in [2.05, 4.69) is 41.3 Å². The van der Waals surface area contributed by atoms with E-state index in [0.717, 1.165) is 38.0 Å². The maximum absolute atomic E-state index is 13.4. The molecule has 0 saturated carbocycles. The average molecular weight is 1180 g/mol. The van der Waals surface area contributed by atoms with Crippen LogP contribution in [-0.4, -0.2) is 158 Å². The lowest BCUT2D eigenvalue weighted by molar-refractivity contribution is 0.115. The van der Waals surface area contributed by atoms with Crippen LogP contribution in [0.25, 0.3) is 22.9 Å². The van der Waals surface area contributed by atoms with Crippen molar-refractivity contribution < 1.29 is 60.1 Å². The third-order valence-electron chi connectivity index (χ3n) is 11.4. The summed E-state index contributed by atoms with van der Waals surface area (Å²) >= 11 is 0. The van der Waals surface area contributed by atoms with E-state index in [0.29, 0.717) is 60.8 Å². The van der Waals surface area contributed by atoms with Gasteiger partial charge in [-0.15, -0.1) is 32.8 Å². The maximum atomic E-state index is 13.4. The van der Waals surface area contributed by atoms with Gasteiger partial charge in [0.05, 0.1) is 48.5 Å². The summed E-state index contributed by atoms with van der Waals surface area (Å²) in [6, 6.07) is 31.0. The Morgan fingerprint density at radius 1 is 0.553 bits per heavy atom. The summed E-state index contributed by atoms with van der Waals surface area (Å²) in [5.41, 5.74) is 3.41. The highest BCUT2D eigenvalue weighted by atomic mass is 35.7. The topological polar surface area (TPSA) is 243 Å². The van der Waals surface area contributed by atoms with Crippen LogP contribution < -0.4 is 13.9 Å². The van der Waals surface area contributed by atoms with Crippen LogP contribution in [0.3, 0.4) is 0 Å². The molecule has 76 heavy (non-hydrogen) atoms. The molecule has 1 N–H and O–H groups in total. The highest BCUT2D eigenvalue weighted by Gasteiger charge is 2.29. The number of rotatable bonds is 19. The standard InChI is InChI=1S/C23H27F2N5O5S2.C22H25F2N5O3S.CH3ClO2S.ClH/c1-36(31,32)29-13-11-28(12-14-29)15-16-37(33,34)30(20-5-3-2-4-6-20)17-18-7-9-19(10-8-18)22-26-27-23(35-22)21(24)25;23-20(24)22-27-26-21(32-22)18-8-6-17(7-9-18)16-29(19-4-2-1-3-5-19)33(30,31)15-14-28-12-10-25-11-13-28;1-5(2,3)4;/h2-10,21H,11-17H2,1H3;1-9,20,25H,10-16H2;1H3;1H. The number of alkyl halides is 4. The van der Waals surface area contributed by atoms with Crippen molar-refractivity contribution in [1.82, 2.24) is 39.8 Å². The summed E-state index contributed by atoms with van der Waals surface area (Å²) in [4.78, 5) is 4.08. The molecule has 30 heteroatoms. The summed E-state index contributed by atoms with van der Waals surface area (Å²) in [5.74, 6) is -1.70. The number of para-hydroxylation sites is 2. The summed E-state index contributed by atoms with van der Waals surface area (Å²) in [6.07, 6.45) is -3.61. The number of halogens is 6. The van der Waals surface area contributed by atoms with E-state index in [4.69, 9.17) is 8.83 Å². The van der Waals surface area contributed by atoms with Crippen molar-refractivity contribution in [1.29, 1.82) is 0 Å². The molecule has 20 nitrogen and oxygen atoms in total. The fourth-order valence-corrected chi connectivity index (χ4v) is 11.4. The number of aromatic nitrogens is 4. The Balaban J connectivity index is 0.000000256. The van der Waals surface area contributed by atoms with Gasteiger partial charge in [-0.25, -0.2) is 33.7 Å². The number of sulfonamides is 3. The second-order valence-corrected chi connectivity index (χ2v) is 26.0. The van der Waals surface area contributed by atoms with Gasteiger partial charge in [-0.1, -0.05) is 60.7 Å². The van der Waals surface area contributed by atoms with Crippen LogP contribution in [-0.2, 0) is 52.2 Å². The van der Waals surface area contributed by atoms with Crippen LogP contribution in [0.1, 0.15) is 35.8 Å². The molecular weight excluding hydrogens is 1130 g/mol. The average Bonchev–Trinajstić information content (AvgIpc) is 4.10. The smallest absolute Gasteiger partial charge is 0.314 e. The van der Waals surface area contributed by atoms with Gasteiger partial charge in [0, 0.05) is 87.3 Å². The Kier molecular flexibility index (Phi) is 22.5. The third-order valence-corrected chi connectivity index (χ3v) is 16.1. The SMILES string of the molecule is CS(=O)(=O)Cl.CS(=O)(=O)N1CCN(CCS(=O)(=O)N(Cc2ccc(-c3nnc(C(F)F)o3)cc2)c2ccccc2)CC1.Cl.O=S(=O)(CCN1CCNCC1)N(Cc1ccc(-c2nnc(C(F)F)o2)cc1)c1ccccc1. The molecule has 8 rings (SSSR count). The van der Waals surface area contributed by atoms with Crippen molar-refractivity contribution in [2.75, 3.05) is 98.1 Å². The van der Waals surface area contributed by atoms with E-state index in [1.807, 2.05) is 11.0 Å². The highest BCUT2D eigenvalue weighted by molar-refractivity contribution is 8.13. The van der Waals surface area contributed by atoms with Crippen molar-refractivity contribution in [3.8, 4) is 22.9 Å². The zero-order chi connectivity index (χ0) is 54.4. The molecule has 6 aromatic rings. The van der Waals surface area contributed by atoms with E-state index in [-0.39, 0.29) is 55.3 Å². The van der Waals surface area contributed by atoms with Crippen molar-refractivity contribution in [2.24, 2.45) is 0 Å². The largest absolute Gasteiger partial charge is 0.415 e. The predicted molar refractivity (Wildman–Crippen MR) is 282 cm³/mol. The zero-order valence-corrected chi connectivity index (χ0v) is 45.8. The number of hydrogen-bond donors (Lipinski definition) is 1. The van der Waals surface area contributed by atoms with Gasteiger partial charge >= 0.3 is 12.9 Å². The molecule has 0 atom stereocenters. The lowest BCUT2D eigenvalue weighted by atomic mass is 10.1. The predicted octanol–water partition coefficient (Wildman–Crippen LogP) is 6.11. The van der Waals surface area contributed by atoms with Gasteiger partial charge in [-0.05, 0) is 59.7 Å². The fourth-order valence-electron chi connectivity index (χ4n) is 7.53. The van der Waals surface area contributed by atoms with E-state index >= 15 is 0 Å². The Labute approximate surface area is 450 Å². The van der Waals surface area contributed by atoms with Crippen LogP contribution in [0, 0.1) is 0 Å². The number of nitrogens with zero attached hydrogens (tertiary/aromatic N) is 9. The molecule has 2 saturated heterocycles. The molecule has 0 aliphatic carbocycles. The third kappa shape index (κ3) is 19.0. The van der Waals surface area contributed by atoms with Crippen molar-refractivity contribution in [3.63, 3.8) is 0 Å². The first-order chi connectivity index (χ1) is 35.4. The molecule has 0 bridgehead atoms. The maximum Gasteiger partial charge on any atom is 0.314 e. The zero-order valence-electron chi connectivity index (χ0n) is 41.0. The molecule has 4 heterocycles. The second-order valence-electron chi connectivity index (χ2n) is 17.0. The molecule has 0 radical (unpaired) electrons. The van der Waals surface area contributed by atoms with Crippen LogP contribution in [0.5, 0.6) is 0 Å². The van der Waals surface area contributed by atoms with E-state index in [9.17, 15) is 51.2 Å². The van der Waals surface area contributed by atoms with Gasteiger partial charge in [0.15, 0.2) is 0 Å². The summed E-state index contributed by atoms with van der Waals surface area (Å²) in [7, 11) is -9.30. The van der Waals surface area contributed by atoms with Gasteiger partial charge in [-0.3, -0.25) is 18.4 Å². The second kappa shape index (κ2) is 27.8. The van der Waals surface area contributed by atoms with Gasteiger partial charge in [0.2, 0.25) is 50.9 Å². The molecular formula is C46H56Cl2F4N10O10S4. The fraction of sp³-hybridized carbons (Fsp3) is 0.391. The number of nitrogens with one attached hydrogen (secondary N) is 1. The minimum atomic E-state index is -3.75. The molecule has 2 aliphatic rings. The Morgan fingerprint density at radius 2 is 0.908 bits per heavy atom. The van der Waals surface area contributed by atoms with E-state index in [1.165, 1.54) is 19.2 Å². The van der Waals surface area contributed by atoms with Gasteiger partial charge in [0.25, 0.3) is 11.8 Å². The van der Waals surface area contributed by atoms with Gasteiger partial charge < -0.3 is 14.2 Å². The minimum absolute atomic E-state index is 0. The molecule has 2 aromatic heterocycles. The summed E-state index contributed by atoms with van der Waals surface area (Å²) < 4.78 is 161. The number of piperazine rings is 2. The summed E-state index contributed by atoms with van der Waals surface area (Å²) in [5, 5.41) is 17.2. The normalized spacial score (nSPS) is 15.0. The molecule has 416 valence electrons. The monoisotopic (exact) mass is 1180 g/mol. The molecule has 4 aromatic carbocycles. The Bertz CT molecular complexity index is 3190. The lowest BCUT2D eigenvalue weighted by Gasteiger charge is -2.33. The van der Waals surface area contributed by atoms with Crippen molar-refractivity contribution in [2.45, 2.75) is 25.9 Å². The van der Waals surface area contributed by atoms with Gasteiger partial charge in [-0.2, -0.15) is 21.9 Å². The molecule has 2 aliphatic heterocycles. The quantitative estimate of drug-likeness (QED) is 0.0710. The Morgan fingerprint density at radius 3 is 1.24 bits per heavy atom. The highest BCUT2D eigenvalue weighted by Crippen LogP contribution is 2.28. The van der Waals surface area contributed by atoms with Crippen molar-refractivity contribution in [3.05, 3.63) is 132 Å². The Hall–Kier alpha value is -5.30. The van der Waals surface area contributed by atoms with Gasteiger partial charge in [0.1, 0.15) is 0 Å². The van der Waals surface area contributed by atoms with E-state index < -0.39 is 63.8 Å². The number of anilines is 2. The molecule has 2 fully saturated rings. The molecule has 0 spiro atoms. The first-order valence-electron chi connectivity index (χ1n) is 23.0. The first kappa shape index (κ1) is 61.6. The summed E-state index contributed by atoms with van der Waals surface area (Å²) in [6.45, 7) is 5.86. The van der Waals surface area contributed by atoms with Crippen LogP contribution in [0.2, 0.25) is 0 Å². The molecule has 0 amide bonds. The molecule has 0 unspecified atom stereocenters. The number of hydrogen-bond acceptors (Lipinski definition) is 17. The minimum Gasteiger partial charge on any atom is -0.415 e. The lowest BCUT2D eigenvalue weighted by Crippen LogP contribution is -2.49. The number of benzene rings is 4.